The van der Waals surface area contributed by atoms with E-state index in [1.165, 1.54) is 19.3 Å². The van der Waals surface area contributed by atoms with Crippen LogP contribution in [0.25, 0.3) is 0 Å². The fourth-order valence-corrected chi connectivity index (χ4v) is 5.84. The summed E-state index contributed by atoms with van der Waals surface area (Å²) in [6.45, 7) is 1.90. The first-order valence-electron chi connectivity index (χ1n) is 9.68. The van der Waals surface area contributed by atoms with Gasteiger partial charge in [-0.1, -0.05) is 18.2 Å². The highest BCUT2D eigenvalue weighted by atomic mass is 16.2. The lowest BCUT2D eigenvalue weighted by molar-refractivity contribution is -0.127. The molecule has 4 bridgehead atoms. The van der Waals surface area contributed by atoms with Gasteiger partial charge in [-0.3, -0.25) is 9.59 Å². The topological polar surface area (TPSA) is 58.2 Å². The second kappa shape index (κ2) is 6.47. The average molecular weight is 340 g/mol. The van der Waals surface area contributed by atoms with Crippen LogP contribution in [0.4, 0.5) is 0 Å². The van der Waals surface area contributed by atoms with Crippen LogP contribution >= 0.6 is 0 Å². The smallest absolute Gasteiger partial charge is 0.251 e. The lowest BCUT2D eigenvalue weighted by atomic mass is 9.53. The van der Waals surface area contributed by atoms with E-state index in [1.54, 1.807) is 12.1 Å². The van der Waals surface area contributed by atoms with Gasteiger partial charge in [-0.15, -0.1) is 0 Å². The maximum Gasteiger partial charge on any atom is 0.251 e. The molecule has 4 saturated carbocycles. The van der Waals surface area contributed by atoms with Crippen molar-refractivity contribution < 1.29 is 9.59 Å². The summed E-state index contributed by atoms with van der Waals surface area (Å²) in [5.41, 5.74) is 0.686. The summed E-state index contributed by atoms with van der Waals surface area (Å²) in [6, 6.07) is 8.99. The molecule has 4 aliphatic rings. The standard InChI is InChI=1S/C21H28N2O2/c1-14(22-20(25)18-5-3-2-4-6-18)7-19(24)23-21-11-15-8-16(12-21)10-17(9-15)13-21/h2-6,14-17H,7-13H2,1H3,(H,22,25)(H,23,24). The van der Waals surface area contributed by atoms with Gasteiger partial charge in [0, 0.05) is 23.6 Å². The monoisotopic (exact) mass is 340 g/mol. The highest BCUT2D eigenvalue weighted by molar-refractivity contribution is 5.94. The normalized spacial score (nSPS) is 33.7. The van der Waals surface area contributed by atoms with Gasteiger partial charge in [-0.05, 0) is 75.3 Å². The fourth-order valence-electron chi connectivity index (χ4n) is 5.84. The molecule has 1 aromatic carbocycles. The number of amides is 2. The van der Waals surface area contributed by atoms with Crippen LogP contribution in [0.3, 0.4) is 0 Å². The predicted octanol–water partition coefficient (Wildman–Crippen LogP) is 3.28. The summed E-state index contributed by atoms with van der Waals surface area (Å²) in [7, 11) is 0. The van der Waals surface area contributed by atoms with E-state index in [1.807, 2.05) is 25.1 Å². The number of nitrogens with one attached hydrogen (secondary N) is 2. The molecule has 25 heavy (non-hydrogen) atoms. The molecule has 0 aliphatic heterocycles. The van der Waals surface area contributed by atoms with E-state index >= 15 is 0 Å². The second-order valence-corrected chi connectivity index (χ2v) is 8.69. The van der Waals surface area contributed by atoms with Crippen LogP contribution in [0, 0.1) is 17.8 Å². The SMILES string of the molecule is CC(CC(=O)NC12CC3CC(CC(C3)C1)C2)NC(=O)c1ccccc1. The van der Waals surface area contributed by atoms with Crippen molar-refractivity contribution in [1.29, 1.82) is 0 Å². The molecular weight excluding hydrogens is 312 g/mol. The van der Waals surface area contributed by atoms with Crippen molar-refractivity contribution in [3.63, 3.8) is 0 Å². The van der Waals surface area contributed by atoms with Crippen LogP contribution in [0.5, 0.6) is 0 Å². The van der Waals surface area contributed by atoms with E-state index in [0.29, 0.717) is 12.0 Å². The molecule has 134 valence electrons. The van der Waals surface area contributed by atoms with E-state index in [-0.39, 0.29) is 23.4 Å². The third-order valence-corrected chi connectivity index (χ3v) is 6.35. The molecule has 2 amide bonds. The molecule has 1 atom stereocenters. The molecule has 0 saturated heterocycles. The summed E-state index contributed by atoms with van der Waals surface area (Å²) in [4.78, 5) is 24.8. The Kier molecular flexibility index (Phi) is 4.30. The Hall–Kier alpha value is -1.84. The van der Waals surface area contributed by atoms with Crippen LogP contribution in [0.15, 0.2) is 30.3 Å². The Balaban J connectivity index is 1.31. The Morgan fingerprint density at radius 2 is 1.60 bits per heavy atom. The van der Waals surface area contributed by atoms with Gasteiger partial charge in [0.25, 0.3) is 5.91 Å². The quantitative estimate of drug-likeness (QED) is 0.864. The molecular formula is C21H28N2O2. The van der Waals surface area contributed by atoms with Gasteiger partial charge in [0.15, 0.2) is 0 Å². The van der Waals surface area contributed by atoms with Gasteiger partial charge >= 0.3 is 0 Å². The lowest BCUT2D eigenvalue weighted by Gasteiger charge is -2.57. The molecule has 4 nitrogen and oxygen atoms in total. The number of hydrogen-bond donors (Lipinski definition) is 2. The van der Waals surface area contributed by atoms with Crippen molar-refractivity contribution >= 4 is 11.8 Å². The molecule has 4 aliphatic carbocycles. The van der Waals surface area contributed by atoms with Crippen LogP contribution in [-0.4, -0.2) is 23.4 Å². The van der Waals surface area contributed by atoms with E-state index in [2.05, 4.69) is 10.6 Å². The van der Waals surface area contributed by atoms with E-state index in [9.17, 15) is 9.59 Å². The second-order valence-electron chi connectivity index (χ2n) is 8.69. The Labute approximate surface area is 149 Å². The maximum atomic E-state index is 12.6. The zero-order valence-electron chi connectivity index (χ0n) is 15.0. The minimum Gasteiger partial charge on any atom is -0.351 e. The molecule has 1 unspecified atom stereocenters. The Morgan fingerprint density at radius 3 is 2.16 bits per heavy atom. The number of carbonyl (C=O) groups is 2. The van der Waals surface area contributed by atoms with Crippen molar-refractivity contribution in [2.24, 2.45) is 17.8 Å². The Morgan fingerprint density at radius 1 is 1.04 bits per heavy atom. The van der Waals surface area contributed by atoms with Crippen molar-refractivity contribution in [2.75, 3.05) is 0 Å². The van der Waals surface area contributed by atoms with Gasteiger partial charge in [0.05, 0.1) is 0 Å². The van der Waals surface area contributed by atoms with Gasteiger partial charge in [0.1, 0.15) is 0 Å². The summed E-state index contributed by atoms with van der Waals surface area (Å²) in [5, 5.41) is 6.31. The van der Waals surface area contributed by atoms with Gasteiger partial charge in [-0.2, -0.15) is 0 Å². The van der Waals surface area contributed by atoms with Crippen molar-refractivity contribution in [3.8, 4) is 0 Å². The molecule has 0 heterocycles. The highest BCUT2D eigenvalue weighted by Gasteiger charge is 2.51. The van der Waals surface area contributed by atoms with Crippen molar-refractivity contribution in [1.82, 2.24) is 10.6 Å². The maximum absolute atomic E-state index is 12.6. The molecule has 1 aromatic rings. The Bertz CT molecular complexity index is 620. The van der Waals surface area contributed by atoms with E-state index in [0.717, 1.165) is 37.0 Å². The van der Waals surface area contributed by atoms with Crippen LogP contribution in [0.2, 0.25) is 0 Å². The van der Waals surface area contributed by atoms with Crippen molar-refractivity contribution in [3.05, 3.63) is 35.9 Å². The minimum atomic E-state index is -0.165. The first-order valence-corrected chi connectivity index (χ1v) is 9.68. The fraction of sp³-hybridized carbons (Fsp3) is 0.619. The third kappa shape index (κ3) is 3.58. The van der Waals surface area contributed by atoms with Crippen LogP contribution < -0.4 is 10.6 Å². The molecule has 0 radical (unpaired) electrons. The molecule has 0 spiro atoms. The molecule has 4 fully saturated rings. The average Bonchev–Trinajstić information content (AvgIpc) is 2.53. The molecule has 2 N–H and O–H groups in total. The highest BCUT2D eigenvalue weighted by Crippen LogP contribution is 2.55. The third-order valence-electron chi connectivity index (χ3n) is 6.35. The van der Waals surface area contributed by atoms with Crippen LogP contribution in [-0.2, 0) is 4.79 Å². The number of hydrogen-bond acceptors (Lipinski definition) is 2. The van der Waals surface area contributed by atoms with Gasteiger partial charge < -0.3 is 10.6 Å². The first-order chi connectivity index (χ1) is 12.0. The molecule has 5 rings (SSSR count). The largest absolute Gasteiger partial charge is 0.351 e. The minimum absolute atomic E-state index is 0.0506. The molecule has 4 heteroatoms. The first kappa shape index (κ1) is 16.6. The zero-order valence-corrected chi connectivity index (χ0v) is 15.0. The van der Waals surface area contributed by atoms with E-state index < -0.39 is 0 Å². The molecule has 0 aromatic heterocycles. The number of benzene rings is 1. The zero-order chi connectivity index (χ0) is 17.4. The van der Waals surface area contributed by atoms with Gasteiger partial charge in [-0.25, -0.2) is 0 Å². The number of rotatable bonds is 5. The summed E-state index contributed by atoms with van der Waals surface area (Å²) < 4.78 is 0. The predicted molar refractivity (Wildman–Crippen MR) is 97.0 cm³/mol. The summed E-state index contributed by atoms with van der Waals surface area (Å²) >= 11 is 0. The number of carbonyl (C=O) groups excluding carboxylic acids is 2. The van der Waals surface area contributed by atoms with E-state index in [4.69, 9.17) is 0 Å². The van der Waals surface area contributed by atoms with Crippen molar-refractivity contribution in [2.45, 2.75) is 63.5 Å². The van der Waals surface area contributed by atoms with Gasteiger partial charge in [0.2, 0.25) is 5.91 Å². The summed E-state index contributed by atoms with van der Waals surface area (Å²) in [6.07, 6.45) is 7.96. The summed E-state index contributed by atoms with van der Waals surface area (Å²) in [5.74, 6) is 2.43. The lowest BCUT2D eigenvalue weighted by Crippen LogP contribution is -2.60. The van der Waals surface area contributed by atoms with Crippen LogP contribution in [0.1, 0.15) is 62.2 Å².